The van der Waals surface area contributed by atoms with Gasteiger partial charge in [-0.1, -0.05) is 68.4 Å². The van der Waals surface area contributed by atoms with Crippen molar-refractivity contribution in [2.45, 2.75) is 90.4 Å². The Kier molecular flexibility index (Phi) is 7.67. The molecule has 2 aliphatic carbocycles. The van der Waals surface area contributed by atoms with Crippen LogP contribution in [0.1, 0.15) is 88.2 Å². The van der Waals surface area contributed by atoms with Gasteiger partial charge in [0.2, 0.25) is 0 Å². The number of hydrogen-bond acceptors (Lipinski definition) is 2. The standard InChI is InChI=1S/C25H36O2/c1-19-14-16-20(17-15-19)18-22(26)10-3-2-4-13-25(27)24-12-7-9-21-8-5-6-11-23(21)24/h14-17,21,23-24H,2-13,18H2,1H3. The van der Waals surface area contributed by atoms with Gasteiger partial charge in [0.15, 0.2) is 0 Å². The van der Waals surface area contributed by atoms with Crippen molar-refractivity contribution in [3.63, 3.8) is 0 Å². The van der Waals surface area contributed by atoms with Crippen molar-refractivity contribution in [1.29, 1.82) is 0 Å². The van der Waals surface area contributed by atoms with E-state index in [0.29, 0.717) is 36.2 Å². The van der Waals surface area contributed by atoms with Crippen molar-refractivity contribution in [3.05, 3.63) is 35.4 Å². The lowest BCUT2D eigenvalue weighted by Gasteiger charge is -2.40. The zero-order valence-corrected chi connectivity index (χ0v) is 17.1. The minimum Gasteiger partial charge on any atom is -0.299 e. The third kappa shape index (κ3) is 6.02. The first kappa shape index (κ1) is 20.3. The molecule has 3 rings (SSSR count). The topological polar surface area (TPSA) is 34.1 Å². The molecule has 0 aromatic heterocycles. The fraction of sp³-hybridized carbons (Fsp3) is 0.680. The van der Waals surface area contributed by atoms with Crippen LogP contribution in [-0.4, -0.2) is 11.6 Å². The molecule has 2 heteroatoms. The number of aryl methyl sites for hydroxylation is 1. The monoisotopic (exact) mass is 368 g/mol. The Morgan fingerprint density at radius 1 is 0.852 bits per heavy atom. The second-order valence-corrected chi connectivity index (χ2v) is 8.97. The maximum atomic E-state index is 12.8. The Labute approximate surface area is 165 Å². The molecule has 0 heterocycles. The average Bonchev–Trinajstić information content (AvgIpc) is 2.69. The molecule has 2 aliphatic rings. The predicted octanol–water partition coefficient (Wildman–Crippen LogP) is 6.23. The third-order valence-corrected chi connectivity index (χ3v) is 6.89. The molecule has 3 unspecified atom stereocenters. The lowest BCUT2D eigenvalue weighted by atomic mass is 9.64. The zero-order chi connectivity index (χ0) is 19.1. The fourth-order valence-electron chi connectivity index (χ4n) is 5.34. The largest absolute Gasteiger partial charge is 0.299 e. The van der Waals surface area contributed by atoms with Crippen molar-refractivity contribution < 1.29 is 9.59 Å². The van der Waals surface area contributed by atoms with E-state index in [2.05, 4.69) is 31.2 Å². The second kappa shape index (κ2) is 10.2. The molecule has 0 N–H and O–H groups in total. The number of hydrogen-bond donors (Lipinski definition) is 0. The van der Waals surface area contributed by atoms with Gasteiger partial charge in [0.1, 0.15) is 11.6 Å². The summed E-state index contributed by atoms with van der Waals surface area (Å²) in [6.45, 7) is 2.06. The summed E-state index contributed by atoms with van der Waals surface area (Å²) in [5, 5.41) is 0. The van der Waals surface area contributed by atoms with E-state index < -0.39 is 0 Å². The Hall–Kier alpha value is -1.44. The molecule has 148 valence electrons. The molecular weight excluding hydrogens is 332 g/mol. The summed E-state index contributed by atoms with van der Waals surface area (Å²) in [5.41, 5.74) is 2.34. The van der Waals surface area contributed by atoms with Crippen LogP contribution in [0.2, 0.25) is 0 Å². The summed E-state index contributed by atoms with van der Waals surface area (Å²) in [6.07, 6.45) is 13.9. The minimum absolute atomic E-state index is 0.322. The highest BCUT2D eigenvalue weighted by molar-refractivity contribution is 5.81. The number of rotatable bonds is 9. The summed E-state index contributed by atoms with van der Waals surface area (Å²) < 4.78 is 0. The van der Waals surface area contributed by atoms with Gasteiger partial charge in [-0.25, -0.2) is 0 Å². The van der Waals surface area contributed by atoms with Crippen molar-refractivity contribution in [2.24, 2.45) is 17.8 Å². The van der Waals surface area contributed by atoms with Crippen molar-refractivity contribution in [2.75, 3.05) is 0 Å². The van der Waals surface area contributed by atoms with Crippen LogP contribution in [0.4, 0.5) is 0 Å². The van der Waals surface area contributed by atoms with Gasteiger partial charge in [-0.15, -0.1) is 0 Å². The zero-order valence-electron chi connectivity index (χ0n) is 17.1. The van der Waals surface area contributed by atoms with Gasteiger partial charge in [-0.05, 0) is 50.0 Å². The SMILES string of the molecule is Cc1ccc(CC(=O)CCCCCC(=O)C2CCCC3CCCCC32)cc1. The van der Waals surface area contributed by atoms with Gasteiger partial charge in [0, 0.05) is 25.2 Å². The number of carbonyl (C=O) groups excluding carboxylic acids is 2. The summed E-state index contributed by atoms with van der Waals surface area (Å²) in [6, 6.07) is 8.23. The number of unbranched alkanes of at least 4 members (excludes halogenated alkanes) is 2. The van der Waals surface area contributed by atoms with E-state index in [4.69, 9.17) is 0 Å². The van der Waals surface area contributed by atoms with E-state index in [0.717, 1.165) is 43.6 Å². The Morgan fingerprint density at radius 3 is 2.37 bits per heavy atom. The second-order valence-electron chi connectivity index (χ2n) is 8.97. The van der Waals surface area contributed by atoms with Gasteiger partial charge in [-0.3, -0.25) is 9.59 Å². The van der Waals surface area contributed by atoms with Crippen molar-refractivity contribution in [3.8, 4) is 0 Å². The first-order chi connectivity index (χ1) is 13.1. The molecule has 1 aromatic carbocycles. The highest BCUT2D eigenvalue weighted by atomic mass is 16.1. The number of carbonyl (C=O) groups is 2. The number of ketones is 2. The molecular formula is C25H36O2. The minimum atomic E-state index is 0.322. The molecule has 27 heavy (non-hydrogen) atoms. The fourth-order valence-corrected chi connectivity index (χ4v) is 5.34. The molecule has 0 saturated heterocycles. The van der Waals surface area contributed by atoms with Gasteiger partial charge in [-0.2, -0.15) is 0 Å². The highest BCUT2D eigenvalue weighted by Crippen LogP contribution is 2.44. The average molecular weight is 369 g/mol. The van der Waals surface area contributed by atoms with Crippen LogP contribution in [0.5, 0.6) is 0 Å². The number of benzene rings is 1. The molecule has 0 spiro atoms. The van der Waals surface area contributed by atoms with Crippen LogP contribution in [0.25, 0.3) is 0 Å². The van der Waals surface area contributed by atoms with E-state index in [1.807, 2.05) is 0 Å². The van der Waals surface area contributed by atoms with Gasteiger partial charge in [0.25, 0.3) is 0 Å². The lowest BCUT2D eigenvalue weighted by Crippen LogP contribution is -2.35. The maximum absolute atomic E-state index is 12.8. The first-order valence-corrected chi connectivity index (χ1v) is 11.2. The highest BCUT2D eigenvalue weighted by Gasteiger charge is 2.37. The van der Waals surface area contributed by atoms with Crippen LogP contribution < -0.4 is 0 Å². The molecule has 3 atom stereocenters. The number of fused-ring (bicyclic) bond motifs is 1. The molecule has 0 bridgehead atoms. The Bertz CT molecular complexity index is 614. The van der Waals surface area contributed by atoms with Crippen molar-refractivity contribution in [1.82, 2.24) is 0 Å². The van der Waals surface area contributed by atoms with Gasteiger partial charge < -0.3 is 0 Å². The maximum Gasteiger partial charge on any atom is 0.137 e. The molecule has 1 aromatic rings. The van der Waals surface area contributed by atoms with Crippen LogP contribution in [0.3, 0.4) is 0 Å². The molecule has 0 amide bonds. The van der Waals surface area contributed by atoms with Crippen molar-refractivity contribution >= 4 is 11.6 Å². The summed E-state index contributed by atoms with van der Waals surface area (Å²) in [4.78, 5) is 24.9. The van der Waals surface area contributed by atoms with E-state index in [1.54, 1.807) is 0 Å². The van der Waals surface area contributed by atoms with E-state index >= 15 is 0 Å². The summed E-state index contributed by atoms with van der Waals surface area (Å²) in [7, 11) is 0. The lowest BCUT2D eigenvalue weighted by molar-refractivity contribution is -0.127. The van der Waals surface area contributed by atoms with Crippen LogP contribution in [0, 0.1) is 24.7 Å². The summed E-state index contributed by atoms with van der Waals surface area (Å²) in [5.74, 6) is 2.73. The van der Waals surface area contributed by atoms with E-state index in [1.165, 1.54) is 44.1 Å². The van der Waals surface area contributed by atoms with E-state index in [-0.39, 0.29) is 0 Å². The van der Waals surface area contributed by atoms with E-state index in [9.17, 15) is 9.59 Å². The molecule has 0 radical (unpaired) electrons. The van der Waals surface area contributed by atoms with Crippen LogP contribution in [0.15, 0.2) is 24.3 Å². The normalized spacial score (nSPS) is 25.0. The molecule has 0 aliphatic heterocycles. The Morgan fingerprint density at radius 2 is 1.56 bits per heavy atom. The molecule has 2 fully saturated rings. The summed E-state index contributed by atoms with van der Waals surface area (Å²) >= 11 is 0. The molecule has 2 saturated carbocycles. The smallest absolute Gasteiger partial charge is 0.137 e. The number of Topliss-reactive ketones (excluding diaryl/α,β-unsaturated/α-hetero) is 2. The van der Waals surface area contributed by atoms with Gasteiger partial charge in [0.05, 0.1) is 0 Å². The first-order valence-electron chi connectivity index (χ1n) is 11.2. The quantitative estimate of drug-likeness (QED) is 0.484. The predicted molar refractivity (Wildman–Crippen MR) is 111 cm³/mol. The van der Waals surface area contributed by atoms with Crippen LogP contribution in [-0.2, 0) is 16.0 Å². The Balaban J connectivity index is 1.32. The van der Waals surface area contributed by atoms with Gasteiger partial charge >= 0.3 is 0 Å². The van der Waals surface area contributed by atoms with Crippen LogP contribution >= 0.6 is 0 Å². The third-order valence-electron chi connectivity index (χ3n) is 6.89. The molecule has 2 nitrogen and oxygen atoms in total.